The lowest BCUT2D eigenvalue weighted by molar-refractivity contribution is 0.454. The molecule has 2 aromatic heterocycles. The van der Waals surface area contributed by atoms with E-state index in [1.165, 1.54) is 6.07 Å². The molecule has 0 radical (unpaired) electrons. The van der Waals surface area contributed by atoms with Crippen LogP contribution in [0.25, 0.3) is 33.3 Å². The van der Waals surface area contributed by atoms with Crippen molar-refractivity contribution in [3.05, 3.63) is 82.4 Å². The lowest BCUT2D eigenvalue weighted by Crippen LogP contribution is -2.27. The predicted octanol–water partition coefficient (Wildman–Crippen LogP) is 6.88. The molecule has 0 amide bonds. The van der Waals surface area contributed by atoms with E-state index >= 15 is 0 Å². The Kier molecular flexibility index (Phi) is 5.61. The van der Waals surface area contributed by atoms with E-state index in [-0.39, 0.29) is 5.82 Å². The van der Waals surface area contributed by atoms with Crippen LogP contribution in [0.5, 0.6) is 0 Å². The monoisotopic (exact) mass is 451 g/mol. The number of hydrogen-bond donors (Lipinski definition) is 1. The Labute approximate surface area is 190 Å². The average molecular weight is 452 g/mol. The van der Waals surface area contributed by atoms with Gasteiger partial charge in [-0.15, -0.1) is 0 Å². The molecule has 5 rings (SSSR count). The third-order valence-corrected chi connectivity index (χ3v) is 6.40. The number of halogens is 3. The minimum Gasteiger partial charge on any atom is -0.317 e. The van der Waals surface area contributed by atoms with Crippen molar-refractivity contribution in [2.45, 2.75) is 18.8 Å². The molecule has 0 spiro atoms. The molecule has 31 heavy (non-hydrogen) atoms. The third kappa shape index (κ3) is 3.91. The van der Waals surface area contributed by atoms with Crippen molar-refractivity contribution >= 4 is 34.1 Å². The first-order valence-electron chi connectivity index (χ1n) is 10.3. The number of piperidine rings is 1. The van der Waals surface area contributed by atoms with Crippen LogP contribution in [-0.2, 0) is 0 Å². The number of pyridine rings is 2. The highest BCUT2D eigenvalue weighted by molar-refractivity contribution is 6.36. The van der Waals surface area contributed by atoms with Crippen LogP contribution < -0.4 is 5.32 Å². The summed E-state index contributed by atoms with van der Waals surface area (Å²) in [6, 6.07) is 16.2. The predicted molar refractivity (Wildman–Crippen MR) is 125 cm³/mol. The molecule has 6 heteroatoms. The lowest BCUT2D eigenvalue weighted by Gasteiger charge is -2.24. The van der Waals surface area contributed by atoms with E-state index in [9.17, 15) is 4.39 Å². The molecule has 0 atom stereocenters. The maximum Gasteiger partial charge on any atom is 0.132 e. The number of rotatable bonds is 3. The zero-order chi connectivity index (χ0) is 21.4. The topological polar surface area (TPSA) is 37.8 Å². The molecule has 0 bridgehead atoms. The van der Waals surface area contributed by atoms with Crippen LogP contribution in [-0.4, -0.2) is 23.1 Å². The molecule has 1 N–H and O–H groups in total. The van der Waals surface area contributed by atoms with Crippen molar-refractivity contribution < 1.29 is 4.39 Å². The highest BCUT2D eigenvalue weighted by Gasteiger charge is 2.22. The summed E-state index contributed by atoms with van der Waals surface area (Å²) >= 11 is 12.7. The van der Waals surface area contributed by atoms with E-state index in [2.05, 4.69) is 16.4 Å². The zero-order valence-electron chi connectivity index (χ0n) is 16.7. The second kappa shape index (κ2) is 8.54. The van der Waals surface area contributed by atoms with E-state index in [0.29, 0.717) is 32.7 Å². The van der Waals surface area contributed by atoms with Gasteiger partial charge in [0.15, 0.2) is 0 Å². The molecule has 0 aliphatic carbocycles. The molecule has 1 saturated heterocycles. The van der Waals surface area contributed by atoms with Crippen molar-refractivity contribution in [2.75, 3.05) is 13.1 Å². The van der Waals surface area contributed by atoms with Crippen molar-refractivity contribution in [1.82, 2.24) is 15.3 Å². The van der Waals surface area contributed by atoms with E-state index in [1.807, 2.05) is 24.3 Å². The lowest BCUT2D eigenvalue weighted by atomic mass is 9.90. The highest BCUT2D eigenvalue weighted by atomic mass is 35.5. The summed E-state index contributed by atoms with van der Waals surface area (Å²) in [5.74, 6) is 0.00629. The number of nitrogens with zero attached hydrogens (tertiary/aromatic N) is 2. The Hall–Kier alpha value is -2.53. The molecule has 1 aliphatic heterocycles. The number of hydrogen-bond acceptors (Lipinski definition) is 3. The number of nitrogens with one attached hydrogen (secondary N) is 1. The van der Waals surface area contributed by atoms with Gasteiger partial charge >= 0.3 is 0 Å². The van der Waals surface area contributed by atoms with Gasteiger partial charge < -0.3 is 5.32 Å². The molecule has 0 saturated carbocycles. The first kappa shape index (κ1) is 20.4. The summed E-state index contributed by atoms with van der Waals surface area (Å²) in [4.78, 5) is 9.55. The Morgan fingerprint density at radius 1 is 0.903 bits per heavy atom. The summed E-state index contributed by atoms with van der Waals surface area (Å²) in [6.45, 7) is 1.91. The van der Waals surface area contributed by atoms with Crippen LogP contribution in [0.4, 0.5) is 4.39 Å². The zero-order valence-corrected chi connectivity index (χ0v) is 18.2. The quantitative estimate of drug-likeness (QED) is 0.368. The van der Waals surface area contributed by atoms with Crippen LogP contribution in [0.15, 0.2) is 60.8 Å². The van der Waals surface area contributed by atoms with Gasteiger partial charge in [0, 0.05) is 44.4 Å². The van der Waals surface area contributed by atoms with E-state index in [4.69, 9.17) is 28.2 Å². The molecule has 156 valence electrons. The average Bonchev–Trinajstić information content (AvgIpc) is 2.79. The third-order valence-electron chi connectivity index (χ3n) is 5.86. The van der Waals surface area contributed by atoms with E-state index in [0.717, 1.165) is 48.1 Å². The highest BCUT2D eigenvalue weighted by Crippen LogP contribution is 2.39. The van der Waals surface area contributed by atoms with E-state index in [1.54, 1.807) is 24.4 Å². The standard InChI is InChI=1S/C25H20Cl2FN3/c26-16-5-6-17(21(27)13-16)20-14-23(15-7-10-29-11-8-15)31-25-18(20)9-12-30-24(25)19-3-1-2-4-22(19)28/h1-6,9,12-15,29H,7-8,10-11H2. The van der Waals surface area contributed by atoms with Gasteiger partial charge in [0.25, 0.3) is 0 Å². The van der Waals surface area contributed by atoms with Crippen molar-refractivity contribution in [2.24, 2.45) is 0 Å². The van der Waals surface area contributed by atoms with Gasteiger partial charge in [0.1, 0.15) is 5.82 Å². The molecular formula is C25H20Cl2FN3. The SMILES string of the molecule is Fc1ccccc1-c1nccc2c(-c3ccc(Cl)cc3Cl)cc(C3CCNCC3)nc12. The second-order valence-electron chi connectivity index (χ2n) is 7.78. The fraction of sp³-hybridized carbons (Fsp3) is 0.200. The molecular weight excluding hydrogens is 432 g/mol. The summed E-state index contributed by atoms with van der Waals surface area (Å²) in [7, 11) is 0. The van der Waals surface area contributed by atoms with Crippen molar-refractivity contribution in [1.29, 1.82) is 0 Å². The van der Waals surface area contributed by atoms with Crippen LogP contribution >= 0.6 is 23.2 Å². The molecule has 1 aliphatic rings. The minimum atomic E-state index is -0.317. The maximum absolute atomic E-state index is 14.7. The van der Waals surface area contributed by atoms with Gasteiger partial charge in [-0.3, -0.25) is 9.97 Å². The van der Waals surface area contributed by atoms with Gasteiger partial charge in [-0.05, 0) is 67.9 Å². The first-order chi connectivity index (χ1) is 15.1. The Balaban J connectivity index is 1.81. The Morgan fingerprint density at radius 2 is 1.71 bits per heavy atom. The van der Waals surface area contributed by atoms with Crippen LogP contribution in [0.1, 0.15) is 24.5 Å². The van der Waals surface area contributed by atoms with Gasteiger partial charge in [-0.1, -0.05) is 41.4 Å². The van der Waals surface area contributed by atoms with Crippen LogP contribution in [0.2, 0.25) is 10.0 Å². The van der Waals surface area contributed by atoms with Crippen molar-refractivity contribution in [3.8, 4) is 22.4 Å². The number of aromatic nitrogens is 2. The molecule has 0 unspecified atom stereocenters. The molecule has 1 fully saturated rings. The first-order valence-corrected chi connectivity index (χ1v) is 11.1. The fourth-order valence-corrected chi connectivity index (χ4v) is 4.79. The summed E-state index contributed by atoms with van der Waals surface area (Å²) in [6.07, 6.45) is 3.70. The number of fused-ring (bicyclic) bond motifs is 1. The van der Waals surface area contributed by atoms with Gasteiger partial charge in [0.2, 0.25) is 0 Å². The normalized spacial score (nSPS) is 14.8. The minimum absolute atomic E-state index is 0.317. The Bertz CT molecular complexity index is 1270. The van der Waals surface area contributed by atoms with Gasteiger partial charge in [-0.25, -0.2) is 4.39 Å². The van der Waals surface area contributed by atoms with Crippen LogP contribution in [0, 0.1) is 5.82 Å². The maximum atomic E-state index is 14.7. The second-order valence-corrected chi connectivity index (χ2v) is 8.62. The summed E-state index contributed by atoms with van der Waals surface area (Å²) in [5.41, 5.74) is 4.48. The van der Waals surface area contributed by atoms with Crippen LogP contribution in [0.3, 0.4) is 0 Å². The summed E-state index contributed by atoms with van der Waals surface area (Å²) in [5, 5.41) is 5.44. The largest absolute Gasteiger partial charge is 0.317 e. The van der Waals surface area contributed by atoms with E-state index < -0.39 is 0 Å². The Morgan fingerprint density at radius 3 is 2.48 bits per heavy atom. The van der Waals surface area contributed by atoms with Crippen molar-refractivity contribution in [3.63, 3.8) is 0 Å². The summed E-state index contributed by atoms with van der Waals surface area (Å²) < 4.78 is 14.7. The van der Waals surface area contributed by atoms with Gasteiger partial charge in [-0.2, -0.15) is 0 Å². The molecule has 4 aromatic rings. The fourth-order valence-electron chi connectivity index (χ4n) is 4.28. The molecule has 2 aromatic carbocycles. The molecule has 3 heterocycles. The van der Waals surface area contributed by atoms with Gasteiger partial charge in [0.05, 0.1) is 11.2 Å². The number of benzene rings is 2. The smallest absolute Gasteiger partial charge is 0.132 e. The molecule has 3 nitrogen and oxygen atoms in total.